The van der Waals surface area contributed by atoms with Crippen molar-refractivity contribution in [1.82, 2.24) is 9.55 Å². The minimum Gasteiger partial charge on any atom is -0.325 e. The van der Waals surface area contributed by atoms with Gasteiger partial charge < -0.3 is 5.32 Å². The zero-order chi connectivity index (χ0) is 22.1. The van der Waals surface area contributed by atoms with Crippen LogP contribution in [0.2, 0.25) is 0 Å². The van der Waals surface area contributed by atoms with Gasteiger partial charge >= 0.3 is 5.76 Å². The van der Waals surface area contributed by atoms with Gasteiger partial charge in [-0.2, -0.15) is 8.78 Å². The zero-order valence-electron chi connectivity index (χ0n) is 14.9. The fourth-order valence-electron chi connectivity index (χ4n) is 2.56. The first kappa shape index (κ1) is 21.0. The van der Waals surface area contributed by atoms with E-state index in [4.69, 9.17) is 0 Å². The van der Waals surface area contributed by atoms with Crippen LogP contribution < -0.4 is 10.9 Å². The molecule has 0 bridgehead atoms. The summed E-state index contributed by atoms with van der Waals surface area (Å²) in [4.78, 5) is 38.1. The second-order valence-electron chi connectivity index (χ2n) is 6.01. The number of alkyl halides is 2. The van der Waals surface area contributed by atoms with E-state index in [1.807, 2.05) is 0 Å². The number of carbonyl (C=O) groups excluding carboxylic acids is 1. The number of amides is 1. The van der Waals surface area contributed by atoms with Crippen LogP contribution >= 0.6 is 0 Å². The first-order valence-corrected chi connectivity index (χ1v) is 9.70. The molecule has 1 N–H and O–H groups in total. The van der Waals surface area contributed by atoms with E-state index in [1.54, 1.807) is 0 Å². The molecule has 156 valence electrons. The number of nitrogens with one attached hydrogen (secondary N) is 1. The van der Waals surface area contributed by atoms with Gasteiger partial charge in [0.2, 0.25) is 15.7 Å². The van der Waals surface area contributed by atoms with Gasteiger partial charge in [0.15, 0.2) is 0 Å². The minimum absolute atomic E-state index is 0.0810. The van der Waals surface area contributed by atoms with Gasteiger partial charge in [-0.3, -0.25) is 24.3 Å². The van der Waals surface area contributed by atoms with Crippen LogP contribution in [0, 0.1) is 10.1 Å². The summed E-state index contributed by atoms with van der Waals surface area (Å²) in [7, 11) is -4.75. The highest BCUT2D eigenvalue weighted by molar-refractivity contribution is 7.91. The number of fused-ring (bicyclic) bond motifs is 1. The largest absolute Gasteiger partial charge is 0.341 e. The zero-order valence-corrected chi connectivity index (χ0v) is 15.7. The molecule has 0 aliphatic heterocycles. The van der Waals surface area contributed by atoms with Crippen LogP contribution in [0.3, 0.4) is 0 Å². The maximum absolute atomic E-state index is 12.5. The van der Waals surface area contributed by atoms with E-state index in [-0.39, 0.29) is 22.3 Å². The van der Waals surface area contributed by atoms with E-state index in [0.29, 0.717) is 0 Å². The quantitative estimate of drug-likeness (QED) is 0.458. The van der Waals surface area contributed by atoms with Gasteiger partial charge in [0, 0.05) is 17.8 Å². The summed E-state index contributed by atoms with van der Waals surface area (Å²) in [6.07, 6.45) is 1.06. The lowest BCUT2D eigenvalue weighted by Gasteiger charge is -2.09. The minimum atomic E-state index is -4.75. The van der Waals surface area contributed by atoms with Crippen molar-refractivity contribution in [3.63, 3.8) is 0 Å². The molecule has 30 heavy (non-hydrogen) atoms. The highest BCUT2D eigenvalue weighted by atomic mass is 32.2. The SMILES string of the molecule is O=C(Cn1cnc2cc([N+](=O)[O-])ccc2c1=O)Nc1ccc(S(=O)(=O)C(F)F)cc1. The second kappa shape index (κ2) is 7.94. The summed E-state index contributed by atoms with van der Waals surface area (Å²) < 4.78 is 48.8. The van der Waals surface area contributed by atoms with Crippen LogP contribution in [-0.2, 0) is 21.2 Å². The summed E-state index contributed by atoms with van der Waals surface area (Å²) in [6, 6.07) is 7.63. The number of nitro groups is 1. The Kier molecular flexibility index (Phi) is 5.56. The van der Waals surface area contributed by atoms with Gasteiger partial charge in [-0.25, -0.2) is 13.4 Å². The fraction of sp³-hybridized carbons (Fsp3) is 0.118. The summed E-state index contributed by atoms with van der Waals surface area (Å²) in [6.45, 7) is -0.449. The molecule has 0 spiro atoms. The van der Waals surface area contributed by atoms with Crippen LogP contribution in [0.4, 0.5) is 20.2 Å². The number of carbonyl (C=O) groups is 1. The van der Waals surface area contributed by atoms with E-state index < -0.39 is 43.4 Å². The molecule has 10 nitrogen and oxygen atoms in total. The van der Waals surface area contributed by atoms with Crippen LogP contribution in [0.25, 0.3) is 10.9 Å². The van der Waals surface area contributed by atoms with Crippen molar-refractivity contribution in [3.8, 4) is 0 Å². The Bertz CT molecular complexity index is 1310. The molecule has 0 aliphatic rings. The number of benzene rings is 2. The van der Waals surface area contributed by atoms with Crippen molar-refractivity contribution >= 4 is 38.0 Å². The molecule has 3 rings (SSSR count). The van der Waals surface area contributed by atoms with Gasteiger partial charge in [0.1, 0.15) is 6.54 Å². The lowest BCUT2D eigenvalue weighted by atomic mass is 10.2. The third-order valence-corrected chi connectivity index (χ3v) is 5.43. The Morgan fingerprint density at radius 2 is 1.87 bits per heavy atom. The Hall–Kier alpha value is -3.74. The number of hydrogen-bond acceptors (Lipinski definition) is 7. The number of rotatable bonds is 6. The molecule has 2 aromatic carbocycles. The lowest BCUT2D eigenvalue weighted by molar-refractivity contribution is -0.384. The Balaban J connectivity index is 1.77. The van der Waals surface area contributed by atoms with Crippen molar-refractivity contribution in [2.45, 2.75) is 17.2 Å². The van der Waals surface area contributed by atoms with Crippen molar-refractivity contribution in [3.05, 3.63) is 69.3 Å². The smallest absolute Gasteiger partial charge is 0.325 e. The number of nitrogens with zero attached hydrogens (tertiary/aromatic N) is 3. The Morgan fingerprint density at radius 3 is 2.47 bits per heavy atom. The lowest BCUT2D eigenvalue weighted by Crippen LogP contribution is -2.27. The van der Waals surface area contributed by atoms with Crippen molar-refractivity contribution in [2.75, 3.05) is 5.32 Å². The van der Waals surface area contributed by atoms with Crippen LogP contribution in [-0.4, -0.2) is 34.6 Å². The third kappa shape index (κ3) is 4.15. The molecule has 0 aliphatic carbocycles. The predicted molar refractivity (Wildman–Crippen MR) is 101 cm³/mol. The molecule has 1 heterocycles. The Labute approximate surface area is 166 Å². The molecule has 0 atom stereocenters. The van der Waals surface area contributed by atoms with Gasteiger partial charge in [-0.15, -0.1) is 0 Å². The molecule has 1 amide bonds. The van der Waals surface area contributed by atoms with E-state index >= 15 is 0 Å². The van der Waals surface area contributed by atoms with E-state index in [0.717, 1.165) is 47.3 Å². The van der Waals surface area contributed by atoms with Gasteiger partial charge in [0.25, 0.3) is 11.2 Å². The van der Waals surface area contributed by atoms with Crippen LogP contribution in [0.5, 0.6) is 0 Å². The Morgan fingerprint density at radius 1 is 1.20 bits per heavy atom. The number of aromatic nitrogens is 2. The third-order valence-electron chi connectivity index (χ3n) is 4.03. The molecule has 1 aromatic heterocycles. The molecule has 0 radical (unpaired) electrons. The predicted octanol–water partition coefficient (Wildman–Crippen LogP) is 1.94. The first-order chi connectivity index (χ1) is 14.1. The standard InChI is InChI=1S/C17H12F2N4O6S/c18-17(19)30(28,29)12-4-1-10(2-5-12)21-15(24)8-22-9-20-14-7-11(23(26)27)3-6-13(14)16(22)25/h1-7,9,17H,8H2,(H,21,24). The molecular weight excluding hydrogens is 426 g/mol. The van der Waals surface area contributed by atoms with Gasteiger partial charge in [0.05, 0.1) is 27.0 Å². The maximum atomic E-state index is 12.5. The van der Waals surface area contributed by atoms with Crippen LogP contribution in [0.1, 0.15) is 0 Å². The number of non-ortho nitro benzene ring substituents is 1. The molecule has 0 fully saturated rings. The summed E-state index contributed by atoms with van der Waals surface area (Å²) >= 11 is 0. The second-order valence-corrected chi connectivity index (χ2v) is 7.93. The van der Waals surface area contributed by atoms with Gasteiger partial charge in [-0.05, 0) is 30.3 Å². The number of anilines is 1. The topological polar surface area (TPSA) is 141 Å². The monoisotopic (exact) mass is 438 g/mol. The van der Waals surface area contributed by atoms with Crippen molar-refractivity contribution in [2.24, 2.45) is 0 Å². The highest BCUT2D eigenvalue weighted by Gasteiger charge is 2.26. The normalized spacial score (nSPS) is 11.6. The number of hydrogen-bond donors (Lipinski definition) is 1. The van der Waals surface area contributed by atoms with E-state index in [1.165, 1.54) is 6.07 Å². The average molecular weight is 438 g/mol. The molecular formula is C17H12F2N4O6S. The van der Waals surface area contributed by atoms with E-state index in [2.05, 4.69) is 10.3 Å². The highest BCUT2D eigenvalue weighted by Crippen LogP contribution is 2.20. The number of sulfone groups is 1. The van der Waals surface area contributed by atoms with Crippen molar-refractivity contribution < 1.29 is 26.9 Å². The maximum Gasteiger partial charge on any atom is 0.341 e. The average Bonchev–Trinajstić information content (AvgIpc) is 2.70. The molecule has 3 aromatic rings. The summed E-state index contributed by atoms with van der Waals surface area (Å²) in [5, 5.41) is 13.3. The molecule has 0 unspecified atom stereocenters. The molecule has 0 saturated heterocycles. The molecule has 0 saturated carbocycles. The molecule has 13 heteroatoms. The van der Waals surface area contributed by atoms with Crippen molar-refractivity contribution in [1.29, 1.82) is 0 Å². The number of halogens is 2. The summed E-state index contributed by atoms with van der Waals surface area (Å²) in [5.74, 6) is -4.23. The summed E-state index contributed by atoms with van der Waals surface area (Å²) in [5.41, 5.74) is -0.599. The van der Waals surface area contributed by atoms with E-state index in [9.17, 15) is 36.9 Å². The first-order valence-electron chi connectivity index (χ1n) is 8.15. The van der Waals surface area contributed by atoms with Gasteiger partial charge in [-0.1, -0.05) is 0 Å². The number of nitro benzene ring substituents is 1. The fourth-order valence-corrected chi connectivity index (χ4v) is 3.28. The van der Waals surface area contributed by atoms with Crippen LogP contribution in [0.15, 0.2) is 58.5 Å².